The Hall–Kier alpha value is -2.27. The molecule has 3 N–H and O–H groups in total. The second-order valence-electron chi connectivity index (χ2n) is 7.42. The molecule has 1 aromatic rings. The molecule has 0 heterocycles. The predicted octanol–water partition coefficient (Wildman–Crippen LogP) is 5.36. The lowest BCUT2D eigenvalue weighted by molar-refractivity contribution is 0.0533. The van der Waals surface area contributed by atoms with E-state index in [1.165, 1.54) is 18.3 Å². The third-order valence-electron chi connectivity index (χ3n) is 4.68. The molecular formula is C23H35NO4. The molecular weight excluding hydrogens is 354 g/mol. The molecule has 0 radical (unpaired) electrons. The minimum atomic E-state index is -0.503. The van der Waals surface area contributed by atoms with Gasteiger partial charge in [-0.05, 0) is 64.5 Å². The number of aromatic hydroxyl groups is 2. The van der Waals surface area contributed by atoms with Crippen molar-refractivity contribution in [2.24, 2.45) is 0 Å². The molecule has 1 amide bonds. The Balaban J connectivity index is 3.13. The first-order valence-corrected chi connectivity index (χ1v) is 10.0. The summed E-state index contributed by atoms with van der Waals surface area (Å²) in [5, 5.41) is 21.2. The van der Waals surface area contributed by atoms with Crippen LogP contribution in [0.15, 0.2) is 29.4 Å². The number of unbranched alkanes of at least 4 members (excludes halogenated alkanes) is 2. The van der Waals surface area contributed by atoms with Crippen LogP contribution in [0.4, 0.5) is 0 Å². The van der Waals surface area contributed by atoms with Crippen molar-refractivity contribution in [1.29, 1.82) is 0 Å². The quantitative estimate of drug-likeness (QED) is 0.270. The number of hydroxylamine groups is 1. The molecule has 1 aromatic carbocycles. The van der Waals surface area contributed by atoms with Crippen LogP contribution in [0.3, 0.4) is 0 Å². The van der Waals surface area contributed by atoms with Crippen molar-refractivity contribution in [3.63, 3.8) is 0 Å². The van der Waals surface area contributed by atoms with Crippen molar-refractivity contribution in [1.82, 2.24) is 5.48 Å². The molecule has 0 saturated heterocycles. The highest BCUT2D eigenvalue weighted by Gasteiger charge is 2.22. The normalized spacial score (nSPS) is 11.4. The summed E-state index contributed by atoms with van der Waals surface area (Å²) in [7, 11) is 1.35. The van der Waals surface area contributed by atoms with Crippen molar-refractivity contribution < 1.29 is 19.8 Å². The summed E-state index contributed by atoms with van der Waals surface area (Å²) in [4.78, 5) is 17.2. The van der Waals surface area contributed by atoms with Gasteiger partial charge in [0.05, 0.1) is 12.7 Å². The van der Waals surface area contributed by atoms with Crippen LogP contribution in [-0.4, -0.2) is 23.2 Å². The number of carbonyl (C=O) groups excluding carboxylic acids is 1. The number of hydrogen-bond acceptors (Lipinski definition) is 4. The van der Waals surface area contributed by atoms with E-state index in [0.717, 1.165) is 32.1 Å². The topological polar surface area (TPSA) is 78.8 Å². The average molecular weight is 390 g/mol. The van der Waals surface area contributed by atoms with E-state index in [9.17, 15) is 15.0 Å². The Kier molecular flexibility index (Phi) is 10.4. The van der Waals surface area contributed by atoms with Gasteiger partial charge in [-0.25, -0.2) is 5.48 Å². The smallest absolute Gasteiger partial charge is 0.278 e. The highest BCUT2D eigenvalue weighted by molar-refractivity contribution is 5.98. The Morgan fingerprint density at radius 3 is 2.50 bits per heavy atom. The summed E-state index contributed by atoms with van der Waals surface area (Å²) in [5.41, 5.74) is 5.92. The number of allylic oxidation sites excluding steroid dienone is 4. The molecule has 0 saturated carbocycles. The molecule has 0 spiro atoms. The Morgan fingerprint density at radius 2 is 1.89 bits per heavy atom. The molecule has 0 aliphatic rings. The molecule has 5 nitrogen and oxygen atoms in total. The van der Waals surface area contributed by atoms with E-state index in [4.69, 9.17) is 4.84 Å². The van der Waals surface area contributed by atoms with Gasteiger partial charge in [-0.3, -0.25) is 9.63 Å². The number of hydrogen-bond donors (Lipinski definition) is 3. The molecule has 28 heavy (non-hydrogen) atoms. The summed E-state index contributed by atoms with van der Waals surface area (Å²) in [6, 6.07) is 1.60. The van der Waals surface area contributed by atoms with Gasteiger partial charge >= 0.3 is 0 Å². The fourth-order valence-corrected chi connectivity index (χ4v) is 3.08. The van der Waals surface area contributed by atoms with E-state index in [-0.39, 0.29) is 17.1 Å². The van der Waals surface area contributed by atoms with Crippen LogP contribution >= 0.6 is 0 Å². The highest BCUT2D eigenvalue weighted by Crippen LogP contribution is 2.35. The van der Waals surface area contributed by atoms with Gasteiger partial charge in [-0.1, -0.05) is 43.1 Å². The molecule has 5 heteroatoms. The number of carbonyl (C=O) groups is 1. The molecule has 0 unspecified atom stereocenters. The Labute approximate surface area is 169 Å². The number of amides is 1. The van der Waals surface area contributed by atoms with Crippen LogP contribution in [0.5, 0.6) is 11.5 Å². The van der Waals surface area contributed by atoms with Crippen LogP contribution in [0.25, 0.3) is 0 Å². The first-order valence-electron chi connectivity index (χ1n) is 10.0. The largest absolute Gasteiger partial charge is 0.508 e. The van der Waals surface area contributed by atoms with Gasteiger partial charge in [-0.2, -0.15) is 0 Å². The van der Waals surface area contributed by atoms with E-state index >= 15 is 0 Å². The Morgan fingerprint density at radius 1 is 1.18 bits per heavy atom. The van der Waals surface area contributed by atoms with Crippen molar-refractivity contribution in [2.75, 3.05) is 7.11 Å². The monoisotopic (exact) mass is 389 g/mol. The van der Waals surface area contributed by atoms with Gasteiger partial charge in [0.2, 0.25) is 0 Å². The van der Waals surface area contributed by atoms with Crippen LogP contribution < -0.4 is 5.48 Å². The van der Waals surface area contributed by atoms with Crippen molar-refractivity contribution in [3.8, 4) is 11.5 Å². The molecule has 0 atom stereocenters. The summed E-state index contributed by atoms with van der Waals surface area (Å²) in [6.45, 7) is 8.28. The number of phenols is 2. The van der Waals surface area contributed by atoms with E-state index in [0.29, 0.717) is 24.0 Å². The standard InChI is InChI=1S/C23H35NO4/c1-6-7-8-12-18-15-20(25)19(22(26)21(18)23(27)24-28-5)14-13-17(4)11-9-10-16(2)3/h10,13,15,25-26H,6-9,11-12,14H2,1-5H3,(H,24,27). The minimum Gasteiger partial charge on any atom is -0.508 e. The lowest BCUT2D eigenvalue weighted by atomic mass is 9.94. The third-order valence-corrected chi connectivity index (χ3v) is 4.68. The van der Waals surface area contributed by atoms with Crippen molar-refractivity contribution in [2.45, 2.75) is 72.6 Å². The van der Waals surface area contributed by atoms with Crippen molar-refractivity contribution >= 4 is 5.91 Å². The van der Waals surface area contributed by atoms with Gasteiger partial charge in [0.1, 0.15) is 11.5 Å². The average Bonchev–Trinajstić information content (AvgIpc) is 2.61. The summed E-state index contributed by atoms with van der Waals surface area (Å²) >= 11 is 0. The number of aryl methyl sites for hydroxylation is 1. The van der Waals surface area contributed by atoms with Gasteiger partial charge < -0.3 is 10.2 Å². The highest BCUT2D eigenvalue weighted by atomic mass is 16.6. The number of nitrogens with one attached hydrogen (secondary N) is 1. The summed E-state index contributed by atoms with van der Waals surface area (Å²) < 4.78 is 0. The first-order chi connectivity index (χ1) is 13.3. The SMILES string of the molecule is CCCCCc1cc(O)c(CC=C(C)CCC=C(C)C)c(O)c1C(=O)NOC. The number of rotatable bonds is 11. The first kappa shape index (κ1) is 23.8. The molecule has 0 aromatic heterocycles. The zero-order valence-electron chi connectivity index (χ0n) is 17.9. The van der Waals surface area contributed by atoms with E-state index in [2.05, 4.69) is 32.3 Å². The maximum atomic E-state index is 12.4. The second-order valence-corrected chi connectivity index (χ2v) is 7.42. The maximum Gasteiger partial charge on any atom is 0.278 e. The van der Waals surface area contributed by atoms with Gasteiger partial charge in [0.15, 0.2) is 0 Å². The summed E-state index contributed by atoms with van der Waals surface area (Å²) in [5.74, 6) is -0.655. The predicted molar refractivity (Wildman–Crippen MR) is 114 cm³/mol. The molecule has 0 aliphatic carbocycles. The lowest BCUT2D eigenvalue weighted by Crippen LogP contribution is -2.23. The Bertz CT molecular complexity index is 716. The molecule has 1 rings (SSSR count). The minimum absolute atomic E-state index is 0.0197. The zero-order chi connectivity index (χ0) is 21.1. The lowest BCUT2D eigenvalue weighted by Gasteiger charge is -2.16. The van der Waals surface area contributed by atoms with Gasteiger partial charge in [0.25, 0.3) is 5.91 Å². The fourth-order valence-electron chi connectivity index (χ4n) is 3.08. The van der Waals surface area contributed by atoms with Crippen LogP contribution in [0.2, 0.25) is 0 Å². The molecule has 156 valence electrons. The maximum absolute atomic E-state index is 12.4. The van der Waals surface area contributed by atoms with Crippen LogP contribution in [0, 0.1) is 0 Å². The van der Waals surface area contributed by atoms with E-state index in [1.807, 2.05) is 13.0 Å². The molecule has 0 fully saturated rings. The summed E-state index contributed by atoms with van der Waals surface area (Å²) in [6.07, 6.45) is 9.96. The van der Waals surface area contributed by atoms with Crippen molar-refractivity contribution in [3.05, 3.63) is 46.1 Å². The molecule has 0 aliphatic heterocycles. The van der Waals surface area contributed by atoms with E-state index in [1.54, 1.807) is 6.07 Å². The zero-order valence-corrected chi connectivity index (χ0v) is 17.9. The van der Waals surface area contributed by atoms with E-state index < -0.39 is 5.91 Å². The molecule has 0 bridgehead atoms. The second kappa shape index (κ2) is 12.2. The number of phenolic OH excluding ortho intramolecular Hbond substituents is 2. The van der Waals surface area contributed by atoms with Gasteiger partial charge in [-0.15, -0.1) is 0 Å². The fraction of sp³-hybridized carbons (Fsp3) is 0.522. The van der Waals surface area contributed by atoms with Crippen LogP contribution in [0.1, 0.15) is 81.3 Å². The number of benzene rings is 1. The third kappa shape index (κ3) is 7.39. The van der Waals surface area contributed by atoms with Gasteiger partial charge in [0, 0.05) is 5.56 Å². The van der Waals surface area contributed by atoms with Crippen LogP contribution in [-0.2, 0) is 17.7 Å².